The highest BCUT2D eigenvalue weighted by Crippen LogP contribution is 2.12. The summed E-state index contributed by atoms with van der Waals surface area (Å²) in [6.07, 6.45) is 15.3. The number of hydrogen-bond acceptors (Lipinski definition) is 3. The van der Waals surface area contributed by atoms with Crippen molar-refractivity contribution in [2.45, 2.75) is 89.8 Å². The van der Waals surface area contributed by atoms with Crippen LogP contribution in [0.25, 0.3) is 0 Å². The number of aliphatic hydroxyl groups excluding tert-OH is 1. The van der Waals surface area contributed by atoms with Crippen LogP contribution < -0.4 is 5.32 Å². The molecule has 0 aliphatic rings. The first-order valence-electron chi connectivity index (χ1n) is 10.4. The number of benzene rings is 1. The Labute approximate surface area is 154 Å². The highest BCUT2D eigenvalue weighted by atomic mass is 16.5. The maximum absolute atomic E-state index is 8.72. The minimum absolute atomic E-state index is 0.423. The van der Waals surface area contributed by atoms with E-state index in [1.165, 1.54) is 82.6 Å². The normalized spacial score (nSPS) is 11.3. The zero-order valence-electron chi connectivity index (χ0n) is 16.0. The number of hydrogen-bond donors (Lipinski definition) is 3. The highest BCUT2D eigenvalue weighted by molar-refractivity contribution is 5.14. The van der Waals surface area contributed by atoms with Crippen molar-refractivity contribution in [1.29, 1.82) is 0 Å². The van der Waals surface area contributed by atoms with E-state index >= 15 is 0 Å². The SMILES string of the molecule is OC(O)CCNCCCCCCCCCCCCCc1ccccc1. The molecule has 0 aliphatic carbocycles. The van der Waals surface area contributed by atoms with Gasteiger partial charge in [-0.1, -0.05) is 88.1 Å². The van der Waals surface area contributed by atoms with E-state index in [0.717, 1.165) is 6.54 Å². The van der Waals surface area contributed by atoms with E-state index in [1.807, 2.05) is 0 Å². The molecule has 0 amide bonds. The van der Waals surface area contributed by atoms with Crippen molar-refractivity contribution >= 4 is 0 Å². The van der Waals surface area contributed by atoms with Gasteiger partial charge in [0.05, 0.1) is 0 Å². The first kappa shape index (κ1) is 22.1. The fraction of sp³-hybridized carbons (Fsp3) is 0.727. The monoisotopic (exact) mass is 349 g/mol. The van der Waals surface area contributed by atoms with Gasteiger partial charge in [-0.05, 0) is 37.9 Å². The van der Waals surface area contributed by atoms with Crippen LogP contribution in [-0.2, 0) is 6.42 Å². The van der Waals surface area contributed by atoms with Crippen LogP contribution in [-0.4, -0.2) is 29.6 Å². The fourth-order valence-electron chi connectivity index (χ4n) is 3.17. The summed E-state index contributed by atoms with van der Waals surface area (Å²) in [6.45, 7) is 1.69. The number of unbranched alkanes of at least 4 members (excludes halogenated alkanes) is 10. The second-order valence-electron chi connectivity index (χ2n) is 7.14. The summed E-state index contributed by atoms with van der Waals surface area (Å²) in [5.74, 6) is 0. The van der Waals surface area contributed by atoms with Crippen molar-refractivity contribution in [3.63, 3.8) is 0 Å². The molecule has 1 aromatic rings. The summed E-state index contributed by atoms with van der Waals surface area (Å²) in [6, 6.07) is 10.8. The number of nitrogens with one attached hydrogen (secondary N) is 1. The van der Waals surface area contributed by atoms with Crippen molar-refractivity contribution in [2.24, 2.45) is 0 Å². The predicted molar refractivity (Wildman–Crippen MR) is 107 cm³/mol. The quantitative estimate of drug-likeness (QED) is 0.279. The van der Waals surface area contributed by atoms with Crippen molar-refractivity contribution in [3.8, 4) is 0 Å². The molecule has 1 rings (SSSR count). The molecule has 3 heteroatoms. The molecular weight excluding hydrogens is 310 g/mol. The summed E-state index contributed by atoms with van der Waals surface area (Å²) in [5.41, 5.74) is 1.48. The smallest absolute Gasteiger partial charge is 0.152 e. The van der Waals surface area contributed by atoms with E-state index in [0.29, 0.717) is 13.0 Å². The molecule has 0 heterocycles. The van der Waals surface area contributed by atoms with E-state index in [-0.39, 0.29) is 0 Å². The van der Waals surface area contributed by atoms with Crippen molar-refractivity contribution < 1.29 is 10.2 Å². The fourth-order valence-corrected chi connectivity index (χ4v) is 3.17. The van der Waals surface area contributed by atoms with Crippen LogP contribution in [0.3, 0.4) is 0 Å². The number of aliphatic hydroxyl groups is 2. The van der Waals surface area contributed by atoms with Crippen molar-refractivity contribution in [2.75, 3.05) is 13.1 Å². The van der Waals surface area contributed by atoms with Gasteiger partial charge in [-0.25, -0.2) is 0 Å². The van der Waals surface area contributed by atoms with E-state index < -0.39 is 6.29 Å². The van der Waals surface area contributed by atoms with Crippen molar-refractivity contribution in [3.05, 3.63) is 35.9 Å². The molecule has 0 radical (unpaired) electrons. The molecule has 0 bridgehead atoms. The molecule has 0 unspecified atom stereocenters. The Morgan fingerprint density at radius 3 is 1.72 bits per heavy atom. The zero-order valence-corrected chi connectivity index (χ0v) is 16.0. The van der Waals surface area contributed by atoms with Crippen molar-refractivity contribution in [1.82, 2.24) is 5.32 Å². The number of aryl methyl sites for hydroxylation is 1. The first-order valence-corrected chi connectivity index (χ1v) is 10.4. The third kappa shape index (κ3) is 15.1. The van der Waals surface area contributed by atoms with Gasteiger partial charge in [0.2, 0.25) is 0 Å². The van der Waals surface area contributed by atoms with Gasteiger partial charge >= 0.3 is 0 Å². The Morgan fingerprint density at radius 2 is 1.16 bits per heavy atom. The molecule has 0 saturated carbocycles. The Bertz CT molecular complexity index is 381. The summed E-state index contributed by atoms with van der Waals surface area (Å²) in [5, 5.41) is 20.7. The second-order valence-corrected chi connectivity index (χ2v) is 7.14. The maximum Gasteiger partial charge on any atom is 0.152 e. The van der Waals surface area contributed by atoms with Crippen LogP contribution in [0.2, 0.25) is 0 Å². The maximum atomic E-state index is 8.72. The van der Waals surface area contributed by atoms with Gasteiger partial charge in [0.15, 0.2) is 6.29 Å². The van der Waals surface area contributed by atoms with Gasteiger partial charge < -0.3 is 15.5 Å². The summed E-state index contributed by atoms with van der Waals surface area (Å²) in [4.78, 5) is 0. The zero-order chi connectivity index (χ0) is 18.0. The third-order valence-corrected chi connectivity index (χ3v) is 4.74. The van der Waals surface area contributed by atoms with Crippen LogP contribution in [0.15, 0.2) is 30.3 Å². The lowest BCUT2D eigenvalue weighted by atomic mass is 10.0. The minimum atomic E-state index is -1.17. The van der Waals surface area contributed by atoms with E-state index in [4.69, 9.17) is 10.2 Å². The van der Waals surface area contributed by atoms with Crippen LogP contribution in [0.1, 0.15) is 82.6 Å². The summed E-state index contributed by atoms with van der Waals surface area (Å²) in [7, 11) is 0. The van der Waals surface area contributed by atoms with Gasteiger partial charge in [0.1, 0.15) is 0 Å². The Morgan fingerprint density at radius 1 is 0.640 bits per heavy atom. The predicted octanol–water partition coefficient (Wildman–Crippen LogP) is 4.81. The van der Waals surface area contributed by atoms with Gasteiger partial charge in [-0.15, -0.1) is 0 Å². The van der Waals surface area contributed by atoms with E-state index in [1.54, 1.807) is 0 Å². The van der Waals surface area contributed by atoms with Gasteiger partial charge in [-0.3, -0.25) is 0 Å². The molecule has 25 heavy (non-hydrogen) atoms. The standard InChI is InChI=1S/C22H39NO2/c24-22(25)18-20-23-19-14-9-7-5-3-1-2-4-6-8-11-15-21-16-12-10-13-17-21/h10,12-13,16-17,22-25H,1-9,11,14-15,18-20H2. The average molecular weight is 350 g/mol. The molecule has 3 N–H and O–H groups in total. The van der Waals surface area contributed by atoms with E-state index in [9.17, 15) is 0 Å². The summed E-state index contributed by atoms with van der Waals surface area (Å²) >= 11 is 0. The topological polar surface area (TPSA) is 52.5 Å². The van der Waals surface area contributed by atoms with Crippen LogP contribution >= 0.6 is 0 Å². The van der Waals surface area contributed by atoms with E-state index in [2.05, 4.69) is 35.6 Å². The van der Waals surface area contributed by atoms with Gasteiger partial charge in [-0.2, -0.15) is 0 Å². The van der Waals surface area contributed by atoms with Crippen LogP contribution in [0, 0.1) is 0 Å². The lowest BCUT2D eigenvalue weighted by molar-refractivity contribution is -0.0443. The largest absolute Gasteiger partial charge is 0.368 e. The lowest BCUT2D eigenvalue weighted by Gasteiger charge is -2.06. The highest BCUT2D eigenvalue weighted by Gasteiger charge is 1.97. The summed E-state index contributed by atoms with van der Waals surface area (Å²) < 4.78 is 0. The Kier molecular flexibility index (Phi) is 14.7. The lowest BCUT2D eigenvalue weighted by Crippen LogP contribution is -2.21. The number of rotatable bonds is 17. The average Bonchev–Trinajstić information content (AvgIpc) is 2.62. The molecule has 0 spiro atoms. The molecule has 0 fully saturated rings. The third-order valence-electron chi connectivity index (χ3n) is 4.74. The Hall–Kier alpha value is -0.900. The molecule has 0 saturated heterocycles. The molecule has 0 aliphatic heterocycles. The minimum Gasteiger partial charge on any atom is -0.368 e. The molecule has 0 aromatic heterocycles. The molecule has 3 nitrogen and oxygen atoms in total. The second kappa shape index (κ2) is 16.6. The van der Waals surface area contributed by atoms with Gasteiger partial charge in [0.25, 0.3) is 0 Å². The van der Waals surface area contributed by atoms with Crippen LogP contribution in [0.4, 0.5) is 0 Å². The molecular formula is C22H39NO2. The van der Waals surface area contributed by atoms with Crippen LogP contribution in [0.5, 0.6) is 0 Å². The Balaban J connectivity index is 1.71. The first-order chi connectivity index (χ1) is 12.3. The molecule has 0 atom stereocenters. The van der Waals surface area contributed by atoms with Gasteiger partial charge in [0, 0.05) is 6.42 Å². The molecule has 144 valence electrons. The molecule has 1 aromatic carbocycles.